The van der Waals surface area contributed by atoms with Gasteiger partial charge in [0.25, 0.3) is 0 Å². The Kier molecular flexibility index (Phi) is 5.96. The molecular formula is C14H22N2O4S. The van der Waals surface area contributed by atoms with Crippen molar-refractivity contribution >= 4 is 10.0 Å². The first kappa shape index (κ1) is 16.2. The second kappa shape index (κ2) is 7.72. The molecule has 0 radical (unpaired) electrons. The summed E-state index contributed by atoms with van der Waals surface area (Å²) in [5, 5.41) is 0. The summed E-state index contributed by atoms with van der Waals surface area (Å²) < 4.78 is 38.0. The maximum absolute atomic E-state index is 12.0. The van der Waals surface area contributed by atoms with Crippen molar-refractivity contribution in [1.82, 2.24) is 9.71 Å². The Morgan fingerprint density at radius 3 is 3.05 bits per heavy atom. The summed E-state index contributed by atoms with van der Waals surface area (Å²) in [6.45, 7) is 2.86. The standard InChI is InChI=1S/C14H22N2O4S/c1-2-3-10-21(17,18)16-12-7-9-19-11-13(12)20-14-6-4-5-8-15-14/h4-6,8,12-13,16H,2-3,7,9-11H2,1H3/t12-,13-/m1/s1. The molecule has 0 bridgehead atoms. The number of nitrogens with zero attached hydrogens (tertiary/aromatic N) is 1. The van der Waals surface area contributed by atoms with E-state index >= 15 is 0 Å². The van der Waals surface area contributed by atoms with Gasteiger partial charge < -0.3 is 9.47 Å². The van der Waals surface area contributed by atoms with E-state index in [1.165, 1.54) is 0 Å². The largest absolute Gasteiger partial charge is 0.470 e. The van der Waals surface area contributed by atoms with Crippen LogP contribution in [0.25, 0.3) is 0 Å². The molecular weight excluding hydrogens is 292 g/mol. The number of ether oxygens (including phenoxy) is 2. The van der Waals surface area contributed by atoms with Gasteiger partial charge in [-0.2, -0.15) is 0 Å². The van der Waals surface area contributed by atoms with Gasteiger partial charge in [-0.05, 0) is 18.9 Å². The van der Waals surface area contributed by atoms with E-state index in [2.05, 4.69) is 9.71 Å². The zero-order valence-electron chi connectivity index (χ0n) is 12.2. The van der Waals surface area contributed by atoms with Crippen molar-refractivity contribution in [1.29, 1.82) is 0 Å². The smallest absolute Gasteiger partial charge is 0.213 e. The normalized spacial score (nSPS) is 22.9. The Morgan fingerprint density at radius 1 is 1.48 bits per heavy atom. The maximum Gasteiger partial charge on any atom is 0.213 e. The van der Waals surface area contributed by atoms with Gasteiger partial charge >= 0.3 is 0 Å². The lowest BCUT2D eigenvalue weighted by atomic mass is 10.1. The predicted octanol–water partition coefficient (Wildman–Crippen LogP) is 1.34. The van der Waals surface area contributed by atoms with E-state index in [4.69, 9.17) is 9.47 Å². The van der Waals surface area contributed by atoms with E-state index in [0.717, 1.165) is 6.42 Å². The highest BCUT2D eigenvalue weighted by Crippen LogP contribution is 2.16. The molecule has 1 N–H and O–H groups in total. The van der Waals surface area contributed by atoms with Crippen molar-refractivity contribution in [2.75, 3.05) is 19.0 Å². The van der Waals surface area contributed by atoms with E-state index < -0.39 is 10.0 Å². The van der Waals surface area contributed by atoms with E-state index in [9.17, 15) is 8.42 Å². The van der Waals surface area contributed by atoms with Gasteiger partial charge in [0.2, 0.25) is 15.9 Å². The first-order chi connectivity index (χ1) is 10.1. The Bertz CT molecular complexity index is 521. The monoisotopic (exact) mass is 314 g/mol. The minimum atomic E-state index is -3.27. The van der Waals surface area contributed by atoms with Crippen LogP contribution in [0.4, 0.5) is 0 Å². The van der Waals surface area contributed by atoms with Crippen molar-refractivity contribution in [2.45, 2.75) is 38.3 Å². The number of unbranched alkanes of at least 4 members (excludes halogenated alkanes) is 1. The SMILES string of the molecule is CCCCS(=O)(=O)N[C@@H]1CCOC[C@H]1Oc1ccccn1. The van der Waals surface area contributed by atoms with Crippen molar-refractivity contribution in [2.24, 2.45) is 0 Å². The Hall–Kier alpha value is -1.18. The summed E-state index contributed by atoms with van der Waals surface area (Å²) in [7, 11) is -3.27. The van der Waals surface area contributed by atoms with Gasteiger partial charge in [0.05, 0.1) is 18.4 Å². The fraction of sp³-hybridized carbons (Fsp3) is 0.643. The number of aromatic nitrogens is 1. The molecule has 0 amide bonds. The van der Waals surface area contributed by atoms with Crippen molar-refractivity contribution in [3.05, 3.63) is 24.4 Å². The van der Waals surface area contributed by atoms with Crippen LogP contribution in [0.15, 0.2) is 24.4 Å². The lowest BCUT2D eigenvalue weighted by Crippen LogP contribution is -2.51. The van der Waals surface area contributed by atoms with Gasteiger partial charge in [-0.15, -0.1) is 0 Å². The molecule has 118 valence electrons. The average Bonchev–Trinajstić information content (AvgIpc) is 2.48. The number of rotatable bonds is 7. The Labute approximate surface area is 125 Å². The molecule has 7 heteroatoms. The van der Waals surface area contributed by atoms with E-state index in [-0.39, 0.29) is 17.9 Å². The molecule has 6 nitrogen and oxygen atoms in total. The highest BCUT2D eigenvalue weighted by atomic mass is 32.2. The van der Waals surface area contributed by atoms with Crippen LogP contribution in [0.1, 0.15) is 26.2 Å². The topological polar surface area (TPSA) is 77.5 Å². The van der Waals surface area contributed by atoms with Gasteiger partial charge in [0.15, 0.2) is 0 Å². The van der Waals surface area contributed by atoms with Gasteiger partial charge in [-0.25, -0.2) is 18.1 Å². The molecule has 0 spiro atoms. The quantitative estimate of drug-likeness (QED) is 0.822. The second-order valence-electron chi connectivity index (χ2n) is 5.08. The third-order valence-electron chi connectivity index (χ3n) is 3.31. The number of nitrogens with one attached hydrogen (secondary N) is 1. The van der Waals surface area contributed by atoms with E-state index in [1.807, 2.05) is 13.0 Å². The molecule has 1 aromatic heterocycles. The molecule has 1 aliphatic heterocycles. The molecule has 1 aliphatic rings. The van der Waals surface area contributed by atoms with Crippen LogP contribution in [0.3, 0.4) is 0 Å². The zero-order valence-corrected chi connectivity index (χ0v) is 13.0. The molecule has 0 aliphatic carbocycles. The highest BCUT2D eigenvalue weighted by Gasteiger charge is 2.31. The second-order valence-corrected chi connectivity index (χ2v) is 6.96. The lowest BCUT2D eigenvalue weighted by molar-refractivity contribution is -0.0111. The molecule has 21 heavy (non-hydrogen) atoms. The fourth-order valence-electron chi connectivity index (χ4n) is 2.16. The van der Waals surface area contributed by atoms with Crippen molar-refractivity contribution < 1.29 is 17.9 Å². The highest BCUT2D eigenvalue weighted by molar-refractivity contribution is 7.89. The van der Waals surface area contributed by atoms with Crippen LogP contribution in [0, 0.1) is 0 Å². The predicted molar refractivity (Wildman–Crippen MR) is 79.7 cm³/mol. The lowest BCUT2D eigenvalue weighted by Gasteiger charge is -2.31. The average molecular weight is 314 g/mol. The third kappa shape index (κ3) is 5.26. The summed E-state index contributed by atoms with van der Waals surface area (Å²) >= 11 is 0. The number of pyridine rings is 1. The molecule has 2 atom stereocenters. The fourth-order valence-corrected chi connectivity index (χ4v) is 3.68. The molecule has 0 aromatic carbocycles. The summed E-state index contributed by atoms with van der Waals surface area (Å²) in [6, 6.07) is 5.10. The van der Waals surface area contributed by atoms with Crippen molar-refractivity contribution in [3.8, 4) is 5.88 Å². The van der Waals surface area contributed by atoms with Crippen molar-refractivity contribution in [3.63, 3.8) is 0 Å². The maximum atomic E-state index is 12.0. The minimum Gasteiger partial charge on any atom is -0.470 e. The summed E-state index contributed by atoms with van der Waals surface area (Å²) in [5.74, 6) is 0.628. The Balaban J connectivity index is 1.98. The van der Waals surface area contributed by atoms with Crippen LogP contribution in [0.5, 0.6) is 5.88 Å². The minimum absolute atomic E-state index is 0.150. The van der Waals surface area contributed by atoms with E-state index in [0.29, 0.717) is 31.9 Å². The first-order valence-electron chi connectivity index (χ1n) is 7.26. The van der Waals surface area contributed by atoms with Gasteiger partial charge in [0, 0.05) is 18.9 Å². The molecule has 1 fully saturated rings. The molecule has 2 rings (SSSR count). The van der Waals surface area contributed by atoms with Gasteiger partial charge in [-0.3, -0.25) is 0 Å². The van der Waals surface area contributed by atoms with Crippen LogP contribution >= 0.6 is 0 Å². The number of hydrogen-bond acceptors (Lipinski definition) is 5. The molecule has 2 heterocycles. The molecule has 1 aromatic rings. The summed E-state index contributed by atoms with van der Waals surface area (Å²) in [6.07, 6.45) is 3.39. The Morgan fingerprint density at radius 2 is 2.33 bits per heavy atom. The van der Waals surface area contributed by atoms with Crippen LogP contribution in [0.2, 0.25) is 0 Å². The van der Waals surface area contributed by atoms with Crippen LogP contribution in [-0.2, 0) is 14.8 Å². The first-order valence-corrected chi connectivity index (χ1v) is 8.91. The summed E-state index contributed by atoms with van der Waals surface area (Å²) in [5.41, 5.74) is 0. The van der Waals surface area contributed by atoms with Gasteiger partial charge in [0.1, 0.15) is 6.10 Å². The third-order valence-corrected chi connectivity index (χ3v) is 4.80. The molecule has 1 saturated heterocycles. The van der Waals surface area contributed by atoms with E-state index in [1.54, 1.807) is 18.3 Å². The molecule has 0 unspecified atom stereocenters. The van der Waals surface area contributed by atoms with Gasteiger partial charge in [-0.1, -0.05) is 19.4 Å². The number of sulfonamides is 1. The summed E-state index contributed by atoms with van der Waals surface area (Å²) in [4.78, 5) is 4.10. The van der Waals surface area contributed by atoms with Crippen LogP contribution < -0.4 is 9.46 Å². The van der Waals surface area contributed by atoms with Crippen LogP contribution in [-0.4, -0.2) is 44.5 Å². The number of hydrogen-bond donors (Lipinski definition) is 1. The molecule has 0 saturated carbocycles. The zero-order chi connectivity index (χ0) is 15.1.